The van der Waals surface area contributed by atoms with Crippen LogP contribution in [0.4, 0.5) is 10.2 Å². The molecule has 0 saturated heterocycles. The molecule has 3 rings (SSSR count). The van der Waals surface area contributed by atoms with Crippen LogP contribution in [0.2, 0.25) is 0 Å². The Hall–Kier alpha value is -1.66. The van der Waals surface area contributed by atoms with Crippen LogP contribution in [0.15, 0.2) is 35.2 Å². The van der Waals surface area contributed by atoms with Crippen LogP contribution >= 0.6 is 23.1 Å². The van der Waals surface area contributed by atoms with Gasteiger partial charge in [-0.2, -0.15) is 0 Å². The average Bonchev–Trinajstić information content (AvgIpc) is 2.79. The van der Waals surface area contributed by atoms with E-state index >= 15 is 0 Å². The molecule has 0 aliphatic heterocycles. The van der Waals surface area contributed by atoms with E-state index < -0.39 is 0 Å². The molecular weight excluding hydrogens is 293 g/mol. The van der Waals surface area contributed by atoms with Crippen molar-refractivity contribution < 1.29 is 4.39 Å². The number of thioether (sulfide) groups is 1. The smallest absolute Gasteiger partial charge is 0.142 e. The second-order valence-electron chi connectivity index (χ2n) is 4.34. The number of anilines is 1. The van der Waals surface area contributed by atoms with E-state index in [1.807, 2.05) is 13.0 Å². The number of rotatable bonds is 3. The first kappa shape index (κ1) is 13.3. The fourth-order valence-electron chi connectivity index (χ4n) is 1.85. The maximum absolute atomic E-state index is 12.8. The zero-order valence-electron chi connectivity index (χ0n) is 10.8. The maximum Gasteiger partial charge on any atom is 0.142 e. The van der Waals surface area contributed by atoms with Gasteiger partial charge in [0.25, 0.3) is 0 Å². The van der Waals surface area contributed by atoms with Crippen LogP contribution < -0.4 is 5.73 Å². The van der Waals surface area contributed by atoms with E-state index in [2.05, 4.69) is 9.97 Å². The minimum absolute atomic E-state index is 0.231. The molecule has 6 heteroatoms. The van der Waals surface area contributed by atoms with Crippen molar-refractivity contribution in [3.8, 4) is 0 Å². The number of aromatic nitrogens is 2. The lowest BCUT2D eigenvalue weighted by molar-refractivity contribution is 0.626. The number of nitrogen functional groups attached to an aromatic ring is 1. The van der Waals surface area contributed by atoms with Gasteiger partial charge in [0.05, 0.1) is 11.1 Å². The third kappa shape index (κ3) is 2.76. The molecule has 0 spiro atoms. The van der Waals surface area contributed by atoms with Gasteiger partial charge < -0.3 is 5.73 Å². The van der Waals surface area contributed by atoms with Crippen molar-refractivity contribution in [2.24, 2.45) is 0 Å². The lowest BCUT2D eigenvalue weighted by atomic mass is 10.3. The molecule has 2 heterocycles. The highest BCUT2D eigenvalue weighted by Gasteiger charge is 2.08. The molecule has 0 aliphatic carbocycles. The van der Waals surface area contributed by atoms with Crippen molar-refractivity contribution in [2.75, 3.05) is 5.73 Å². The Kier molecular flexibility index (Phi) is 3.58. The summed E-state index contributed by atoms with van der Waals surface area (Å²) in [4.78, 5) is 11.9. The molecule has 0 unspecified atom stereocenters. The summed E-state index contributed by atoms with van der Waals surface area (Å²) >= 11 is 3.18. The molecule has 102 valence electrons. The average molecular weight is 305 g/mol. The van der Waals surface area contributed by atoms with Crippen LogP contribution in [0.1, 0.15) is 10.7 Å². The van der Waals surface area contributed by atoms with Crippen molar-refractivity contribution in [2.45, 2.75) is 17.6 Å². The predicted octanol–water partition coefficient (Wildman–Crippen LogP) is 4.01. The van der Waals surface area contributed by atoms with Crippen molar-refractivity contribution in [3.05, 3.63) is 46.9 Å². The van der Waals surface area contributed by atoms with Crippen LogP contribution in [-0.4, -0.2) is 9.97 Å². The largest absolute Gasteiger partial charge is 0.383 e. The number of benzene rings is 1. The van der Waals surface area contributed by atoms with Crippen LogP contribution in [0.3, 0.4) is 0 Å². The Morgan fingerprint density at radius 2 is 2.00 bits per heavy atom. The minimum Gasteiger partial charge on any atom is -0.383 e. The molecule has 3 nitrogen and oxygen atoms in total. The van der Waals surface area contributed by atoms with Crippen LogP contribution in [-0.2, 0) is 5.75 Å². The molecule has 0 radical (unpaired) electrons. The summed E-state index contributed by atoms with van der Waals surface area (Å²) in [5, 5.41) is 0.919. The van der Waals surface area contributed by atoms with Gasteiger partial charge in [-0.1, -0.05) is 0 Å². The first-order chi connectivity index (χ1) is 9.61. The standard InChI is InChI=1S/C14H12FN3S2/c1-8-6-11-13(16)17-12(18-14(11)20-8)7-19-10-4-2-9(15)3-5-10/h2-6H,7H2,1H3,(H2,16,17,18). The number of aryl methyl sites for hydroxylation is 1. The molecule has 0 aliphatic rings. The van der Waals surface area contributed by atoms with Crippen LogP contribution in [0.5, 0.6) is 0 Å². The maximum atomic E-state index is 12.8. The second-order valence-corrected chi connectivity index (χ2v) is 6.63. The van der Waals surface area contributed by atoms with Gasteiger partial charge >= 0.3 is 0 Å². The van der Waals surface area contributed by atoms with Gasteiger partial charge in [0.1, 0.15) is 22.3 Å². The third-order valence-corrected chi connectivity index (χ3v) is 4.73. The van der Waals surface area contributed by atoms with Gasteiger partial charge in [-0.3, -0.25) is 0 Å². The number of thiophene rings is 1. The highest BCUT2D eigenvalue weighted by Crippen LogP contribution is 2.28. The highest BCUT2D eigenvalue weighted by atomic mass is 32.2. The summed E-state index contributed by atoms with van der Waals surface area (Å²) in [5.74, 6) is 1.61. The quantitative estimate of drug-likeness (QED) is 0.743. The number of nitrogens with two attached hydrogens (primary N) is 1. The number of hydrogen-bond acceptors (Lipinski definition) is 5. The number of nitrogens with zero attached hydrogens (tertiary/aromatic N) is 2. The van der Waals surface area contributed by atoms with Crippen molar-refractivity contribution in [3.63, 3.8) is 0 Å². The molecule has 2 aromatic heterocycles. The fourth-order valence-corrected chi connectivity index (χ4v) is 3.51. The zero-order chi connectivity index (χ0) is 14.1. The Bertz CT molecular complexity index is 753. The number of hydrogen-bond donors (Lipinski definition) is 1. The van der Waals surface area contributed by atoms with E-state index in [1.54, 1.807) is 35.2 Å². The Labute approximate surface area is 124 Å². The highest BCUT2D eigenvalue weighted by molar-refractivity contribution is 7.98. The first-order valence-electron chi connectivity index (χ1n) is 6.03. The van der Waals surface area contributed by atoms with E-state index in [-0.39, 0.29) is 5.82 Å². The minimum atomic E-state index is -0.231. The predicted molar refractivity (Wildman–Crippen MR) is 82.5 cm³/mol. The number of fused-ring (bicyclic) bond motifs is 1. The fraction of sp³-hybridized carbons (Fsp3) is 0.143. The third-order valence-electron chi connectivity index (χ3n) is 2.77. The van der Waals surface area contributed by atoms with E-state index in [0.29, 0.717) is 17.4 Å². The Morgan fingerprint density at radius 1 is 1.25 bits per heavy atom. The van der Waals surface area contributed by atoms with Crippen molar-refractivity contribution in [1.29, 1.82) is 0 Å². The molecule has 0 saturated carbocycles. The molecule has 0 atom stereocenters. The summed E-state index contributed by atoms with van der Waals surface area (Å²) in [6, 6.07) is 8.40. The Morgan fingerprint density at radius 3 is 2.75 bits per heavy atom. The Balaban J connectivity index is 1.82. The van der Waals surface area contributed by atoms with Crippen molar-refractivity contribution >= 4 is 39.1 Å². The summed E-state index contributed by atoms with van der Waals surface area (Å²) in [7, 11) is 0. The SMILES string of the molecule is Cc1cc2c(N)nc(CSc3ccc(F)cc3)nc2s1. The van der Waals surface area contributed by atoms with Crippen LogP contribution in [0, 0.1) is 12.7 Å². The lowest BCUT2D eigenvalue weighted by Crippen LogP contribution is -1.98. The topological polar surface area (TPSA) is 51.8 Å². The normalized spacial score (nSPS) is 11.1. The van der Waals surface area contributed by atoms with Gasteiger partial charge in [0.2, 0.25) is 0 Å². The molecule has 2 N–H and O–H groups in total. The first-order valence-corrected chi connectivity index (χ1v) is 7.83. The molecule has 1 aromatic carbocycles. The van der Waals surface area contributed by atoms with Gasteiger partial charge in [-0.05, 0) is 37.3 Å². The second kappa shape index (κ2) is 5.38. The van der Waals surface area contributed by atoms with Gasteiger partial charge in [0, 0.05) is 9.77 Å². The molecule has 0 amide bonds. The van der Waals surface area contributed by atoms with Crippen LogP contribution in [0.25, 0.3) is 10.2 Å². The summed E-state index contributed by atoms with van der Waals surface area (Å²) < 4.78 is 12.8. The van der Waals surface area contributed by atoms with E-state index in [4.69, 9.17) is 5.73 Å². The molecule has 0 fully saturated rings. The molecule has 20 heavy (non-hydrogen) atoms. The molecule has 0 bridgehead atoms. The summed E-state index contributed by atoms with van der Waals surface area (Å²) in [6.07, 6.45) is 0. The molecule has 3 aromatic rings. The van der Waals surface area contributed by atoms with Gasteiger partial charge in [-0.25, -0.2) is 14.4 Å². The molecular formula is C14H12FN3S2. The van der Waals surface area contributed by atoms with Crippen molar-refractivity contribution in [1.82, 2.24) is 9.97 Å². The zero-order valence-corrected chi connectivity index (χ0v) is 12.4. The van der Waals surface area contributed by atoms with E-state index in [1.165, 1.54) is 17.0 Å². The summed E-state index contributed by atoms with van der Waals surface area (Å²) in [5.41, 5.74) is 5.96. The summed E-state index contributed by atoms with van der Waals surface area (Å²) in [6.45, 7) is 2.03. The van der Waals surface area contributed by atoms with Gasteiger partial charge in [-0.15, -0.1) is 23.1 Å². The lowest BCUT2D eigenvalue weighted by Gasteiger charge is -2.03. The monoisotopic (exact) mass is 305 g/mol. The van der Waals surface area contributed by atoms with E-state index in [9.17, 15) is 4.39 Å². The van der Waals surface area contributed by atoms with Gasteiger partial charge in [0.15, 0.2) is 0 Å². The van der Waals surface area contributed by atoms with E-state index in [0.717, 1.165) is 15.1 Å². The number of halogens is 1.